The fraction of sp³-hybridized carbons (Fsp3) is 0.500. The van der Waals surface area contributed by atoms with Gasteiger partial charge in [-0.2, -0.15) is 0 Å². The topological polar surface area (TPSA) is 41.1 Å². The van der Waals surface area contributed by atoms with Gasteiger partial charge in [-0.05, 0) is 49.4 Å². The predicted octanol–water partition coefficient (Wildman–Crippen LogP) is 3.25. The molecule has 0 bridgehead atoms. The van der Waals surface area contributed by atoms with Crippen molar-refractivity contribution in [3.63, 3.8) is 0 Å². The highest BCUT2D eigenvalue weighted by atomic mass is 16.1. The second-order valence-corrected chi connectivity index (χ2v) is 5.02. The number of benzene rings is 1. The lowest BCUT2D eigenvalue weighted by Crippen LogP contribution is -2.15. The van der Waals surface area contributed by atoms with Gasteiger partial charge in [-0.1, -0.05) is 6.92 Å². The van der Waals surface area contributed by atoms with E-state index >= 15 is 0 Å². The van der Waals surface area contributed by atoms with E-state index < -0.39 is 0 Å². The normalized spacial score (nSPS) is 23.4. The highest BCUT2D eigenvalue weighted by molar-refractivity contribution is 5.88. The number of rotatable bonds is 3. The SMILES string of the molecule is CC(=O)Nc1ccc(NC2CCC(C)C2)cc1. The van der Waals surface area contributed by atoms with Crippen LogP contribution in [-0.4, -0.2) is 11.9 Å². The Morgan fingerprint density at radius 3 is 2.35 bits per heavy atom. The number of carbonyl (C=O) groups excluding carboxylic acids is 1. The quantitative estimate of drug-likeness (QED) is 0.840. The van der Waals surface area contributed by atoms with Gasteiger partial charge in [0.15, 0.2) is 0 Å². The monoisotopic (exact) mass is 232 g/mol. The van der Waals surface area contributed by atoms with Gasteiger partial charge in [0, 0.05) is 24.3 Å². The van der Waals surface area contributed by atoms with Crippen LogP contribution in [0.15, 0.2) is 24.3 Å². The average molecular weight is 232 g/mol. The van der Waals surface area contributed by atoms with Crippen molar-refractivity contribution in [2.75, 3.05) is 10.6 Å². The van der Waals surface area contributed by atoms with Crippen LogP contribution in [0.4, 0.5) is 11.4 Å². The predicted molar refractivity (Wildman–Crippen MR) is 71.2 cm³/mol. The van der Waals surface area contributed by atoms with E-state index in [0.717, 1.165) is 17.3 Å². The van der Waals surface area contributed by atoms with Crippen LogP contribution in [0.25, 0.3) is 0 Å². The standard InChI is InChI=1S/C14H20N2O/c1-10-3-4-14(9-10)16-13-7-5-12(6-8-13)15-11(2)17/h5-8,10,14,16H,3-4,9H2,1-2H3,(H,15,17). The summed E-state index contributed by atoms with van der Waals surface area (Å²) in [6.07, 6.45) is 3.84. The maximum Gasteiger partial charge on any atom is 0.221 e. The molecule has 0 aliphatic heterocycles. The Morgan fingerprint density at radius 1 is 1.18 bits per heavy atom. The van der Waals surface area contributed by atoms with Crippen molar-refractivity contribution in [1.82, 2.24) is 0 Å². The van der Waals surface area contributed by atoms with Gasteiger partial charge in [0.1, 0.15) is 0 Å². The van der Waals surface area contributed by atoms with Crippen molar-refractivity contribution in [3.8, 4) is 0 Å². The summed E-state index contributed by atoms with van der Waals surface area (Å²) in [5, 5.41) is 6.31. The second kappa shape index (κ2) is 5.21. The number of nitrogens with one attached hydrogen (secondary N) is 2. The molecule has 1 saturated carbocycles. The molecule has 0 spiro atoms. The molecular formula is C14H20N2O. The van der Waals surface area contributed by atoms with E-state index in [0.29, 0.717) is 6.04 Å². The summed E-state index contributed by atoms with van der Waals surface area (Å²) in [7, 11) is 0. The minimum Gasteiger partial charge on any atom is -0.382 e. The van der Waals surface area contributed by atoms with Gasteiger partial charge in [-0.25, -0.2) is 0 Å². The van der Waals surface area contributed by atoms with Crippen LogP contribution in [0.2, 0.25) is 0 Å². The van der Waals surface area contributed by atoms with Gasteiger partial charge in [-0.15, -0.1) is 0 Å². The lowest BCUT2D eigenvalue weighted by molar-refractivity contribution is -0.114. The zero-order valence-corrected chi connectivity index (χ0v) is 10.5. The molecule has 1 aromatic rings. The summed E-state index contributed by atoms with van der Waals surface area (Å²) < 4.78 is 0. The van der Waals surface area contributed by atoms with Crippen LogP contribution < -0.4 is 10.6 Å². The third kappa shape index (κ3) is 3.48. The third-order valence-electron chi connectivity index (χ3n) is 3.27. The van der Waals surface area contributed by atoms with Gasteiger partial charge in [0.2, 0.25) is 5.91 Å². The van der Waals surface area contributed by atoms with E-state index in [1.54, 1.807) is 0 Å². The van der Waals surface area contributed by atoms with E-state index in [4.69, 9.17) is 0 Å². The Morgan fingerprint density at radius 2 is 1.82 bits per heavy atom. The van der Waals surface area contributed by atoms with Crippen molar-refractivity contribution < 1.29 is 4.79 Å². The first-order valence-electron chi connectivity index (χ1n) is 6.27. The van der Waals surface area contributed by atoms with Crippen LogP contribution in [0.3, 0.4) is 0 Å². The van der Waals surface area contributed by atoms with E-state index in [2.05, 4.69) is 17.6 Å². The summed E-state index contributed by atoms with van der Waals surface area (Å²) >= 11 is 0. The van der Waals surface area contributed by atoms with E-state index in [1.165, 1.54) is 26.2 Å². The summed E-state index contributed by atoms with van der Waals surface area (Å²) in [4.78, 5) is 10.9. The molecule has 0 aromatic heterocycles. The number of hydrogen-bond donors (Lipinski definition) is 2. The fourth-order valence-corrected chi connectivity index (χ4v) is 2.43. The maximum absolute atomic E-state index is 10.9. The van der Waals surface area contributed by atoms with Crippen LogP contribution in [0, 0.1) is 5.92 Å². The summed E-state index contributed by atoms with van der Waals surface area (Å²) in [5.41, 5.74) is 1.99. The molecule has 17 heavy (non-hydrogen) atoms. The fourth-order valence-electron chi connectivity index (χ4n) is 2.43. The number of amides is 1. The molecule has 3 heteroatoms. The van der Waals surface area contributed by atoms with Crippen LogP contribution in [0.5, 0.6) is 0 Å². The minimum absolute atomic E-state index is 0.0321. The molecule has 1 aliphatic rings. The Balaban J connectivity index is 1.91. The van der Waals surface area contributed by atoms with Crippen molar-refractivity contribution >= 4 is 17.3 Å². The smallest absolute Gasteiger partial charge is 0.221 e. The van der Waals surface area contributed by atoms with Gasteiger partial charge in [0.25, 0.3) is 0 Å². The van der Waals surface area contributed by atoms with Crippen molar-refractivity contribution in [1.29, 1.82) is 0 Å². The van der Waals surface area contributed by atoms with Gasteiger partial charge >= 0.3 is 0 Å². The highest BCUT2D eigenvalue weighted by Gasteiger charge is 2.20. The van der Waals surface area contributed by atoms with Crippen LogP contribution in [-0.2, 0) is 4.79 Å². The highest BCUT2D eigenvalue weighted by Crippen LogP contribution is 2.27. The van der Waals surface area contributed by atoms with Gasteiger partial charge in [0.05, 0.1) is 0 Å². The summed E-state index contributed by atoms with van der Waals surface area (Å²) in [6, 6.07) is 8.52. The molecule has 0 radical (unpaired) electrons. The first-order chi connectivity index (χ1) is 8.13. The zero-order chi connectivity index (χ0) is 12.3. The molecule has 1 aromatic carbocycles. The van der Waals surface area contributed by atoms with Crippen molar-refractivity contribution in [2.24, 2.45) is 5.92 Å². The van der Waals surface area contributed by atoms with Gasteiger partial charge < -0.3 is 10.6 Å². The second-order valence-electron chi connectivity index (χ2n) is 5.02. The third-order valence-corrected chi connectivity index (χ3v) is 3.27. The Hall–Kier alpha value is -1.51. The van der Waals surface area contributed by atoms with Crippen LogP contribution in [0.1, 0.15) is 33.1 Å². The molecule has 1 fully saturated rings. The van der Waals surface area contributed by atoms with E-state index in [9.17, 15) is 4.79 Å². The molecule has 2 atom stereocenters. The average Bonchev–Trinajstić information content (AvgIpc) is 2.66. The molecule has 1 amide bonds. The van der Waals surface area contributed by atoms with Crippen molar-refractivity contribution in [3.05, 3.63) is 24.3 Å². The lowest BCUT2D eigenvalue weighted by atomic mass is 10.1. The minimum atomic E-state index is -0.0321. The number of anilines is 2. The maximum atomic E-state index is 10.9. The molecule has 1 aliphatic carbocycles. The largest absolute Gasteiger partial charge is 0.382 e. The molecule has 2 N–H and O–H groups in total. The Labute approximate surface area is 103 Å². The Bertz CT molecular complexity index is 386. The molecule has 2 unspecified atom stereocenters. The number of hydrogen-bond acceptors (Lipinski definition) is 2. The zero-order valence-electron chi connectivity index (χ0n) is 10.5. The molecule has 0 saturated heterocycles. The molecule has 2 rings (SSSR count). The Kier molecular flexibility index (Phi) is 3.67. The number of carbonyl (C=O) groups is 1. The summed E-state index contributed by atoms with van der Waals surface area (Å²) in [5.74, 6) is 0.807. The van der Waals surface area contributed by atoms with Crippen LogP contribution >= 0.6 is 0 Å². The molecule has 0 heterocycles. The lowest BCUT2D eigenvalue weighted by Gasteiger charge is -2.14. The first kappa shape index (κ1) is 12.0. The first-order valence-corrected chi connectivity index (χ1v) is 6.27. The molecular weight excluding hydrogens is 212 g/mol. The van der Waals surface area contributed by atoms with Gasteiger partial charge in [-0.3, -0.25) is 4.79 Å². The van der Waals surface area contributed by atoms with Crippen molar-refractivity contribution in [2.45, 2.75) is 39.2 Å². The molecule has 3 nitrogen and oxygen atoms in total. The van der Waals surface area contributed by atoms with E-state index in [1.807, 2.05) is 24.3 Å². The van der Waals surface area contributed by atoms with E-state index in [-0.39, 0.29) is 5.91 Å². The summed E-state index contributed by atoms with van der Waals surface area (Å²) in [6.45, 7) is 3.83. The molecule has 92 valence electrons.